The fourth-order valence-corrected chi connectivity index (χ4v) is 1.50. The third-order valence-electron chi connectivity index (χ3n) is 2.37. The second-order valence-electron chi connectivity index (χ2n) is 3.39. The normalized spacial score (nSPS) is 12.4. The van der Waals surface area contributed by atoms with Crippen molar-refractivity contribution in [3.05, 3.63) is 41.9 Å². The summed E-state index contributed by atoms with van der Waals surface area (Å²) in [6.45, 7) is 0. The number of methoxy groups -OCH3 is 1. The first kappa shape index (κ1) is 10.6. The van der Waals surface area contributed by atoms with Crippen LogP contribution in [-0.2, 0) is 7.05 Å². The van der Waals surface area contributed by atoms with Crippen LogP contribution in [0.1, 0.15) is 17.5 Å². The first-order valence-electron chi connectivity index (χ1n) is 4.89. The third kappa shape index (κ3) is 1.90. The van der Waals surface area contributed by atoms with Gasteiger partial charge in [-0.15, -0.1) is 0 Å². The van der Waals surface area contributed by atoms with Crippen LogP contribution in [0.4, 0.5) is 0 Å². The van der Waals surface area contributed by atoms with E-state index < -0.39 is 6.10 Å². The van der Waals surface area contributed by atoms with Crippen LogP contribution in [0.3, 0.4) is 0 Å². The van der Waals surface area contributed by atoms with Crippen LogP contribution in [-0.4, -0.2) is 27.0 Å². The van der Waals surface area contributed by atoms with Gasteiger partial charge in [-0.2, -0.15) is 5.10 Å². The summed E-state index contributed by atoms with van der Waals surface area (Å²) in [7, 11) is 3.32. The quantitative estimate of drug-likeness (QED) is 0.833. The Kier molecular flexibility index (Phi) is 2.87. The van der Waals surface area contributed by atoms with Gasteiger partial charge in [-0.1, -0.05) is 6.07 Å². The number of hydrogen-bond acceptors (Lipinski definition) is 4. The van der Waals surface area contributed by atoms with Crippen LogP contribution >= 0.6 is 0 Å². The van der Waals surface area contributed by atoms with E-state index in [-0.39, 0.29) is 0 Å². The molecule has 0 radical (unpaired) electrons. The number of aromatic nitrogens is 3. The molecule has 2 aromatic heterocycles. The monoisotopic (exact) mass is 219 g/mol. The lowest BCUT2D eigenvalue weighted by molar-refractivity contribution is 0.203. The van der Waals surface area contributed by atoms with Gasteiger partial charge in [0.15, 0.2) is 0 Å². The SMILES string of the molecule is COc1cccc(C(O)c2ccnn2C)n1. The average molecular weight is 219 g/mol. The first-order chi connectivity index (χ1) is 7.72. The number of hydrogen-bond donors (Lipinski definition) is 1. The van der Waals surface area contributed by atoms with E-state index in [9.17, 15) is 5.11 Å². The van der Waals surface area contributed by atoms with Crippen molar-refractivity contribution >= 4 is 0 Å². The highest BCUT2D eigenvalue weighted by Crippen LogP contribution is 2.20. The molecule has 0 aromatic carbocycles. The molecule has 16 heavy (non-hydrogen) atoms. The Labute approximate surface area is 93.3 Å². The maximum Gasteiger partial charge on any atom is 0.213 e. The van der Waals surface area contributed by atoms with Crippen molar-refractivity contribution in [2.75, 3.05) is 7.11 Å². The van der Waals surface area contributed by atoms with Gasteiger partial charge in [-0.05, 0) is 12.1 Å². The predicted molar refractivity (Wildman–Crippen MR) is 58.1 cm³/mol. The summed E-state index contributed by atoms with van der Waals surface area (Å²) >= 11 is 0. The number of rotatable bonds is 3. The van der Waals surface area contributed by atoms with Gasteiger partial charge >= 0.3 is 0 Å². The van der Waals surface area contributed by atoms with Gasteiger partial charge < -0.3 is 9.84 Å². The maximum absolute atomic E-state index is 10.1. The molecular weight excluding hydrogens is 206 g/mol. The van der Waals surface area contributed by atoms with Gasteiger partial charge in [0.05, 0.1) is 18.5 Å². The summed E-state index contributed by atoms with van der Waals surface area (Å²) in [5.74, 6) is 0.485. The van der Waals surface area contributed by atoms with E-state index in [0.29, 0.717) is 17.3 Å². The van der Waals surface area contributed by atoms with Crippen LogP contribution in [0, 0.1) is 0 Å². The first-order valence-corrected chi connectivity index (χ1v) is 4.89. The molecule has 0 aliphatic carbocycles. The molecule has 2 rings (SSSR count). The molecule has 5 nitrogen and oxygen atoms in total. The fraction of sp³-hybridized carbons (Fsp3) is 0.273. The summed E-state index contributed by atoms with van der Waals surface area (Å²) in [5, 5.41) is 14.1. The Hall–Kier alpha value is -1.88. The summed E-state index contributed by atoms with van der Waals surface area (Å²) in [6.07, 6.45) is 0.848. The van der Waals surface area contributed by atoms with E-state index in [4.69, 9.17) is 4.74 Å². The van der Waals surface area contributed by atoms with Crippen LogP contribution in [0.5, 0.6) is 5.88 Å². The Morgan fingerprint density at radius 2 is 2.19 bits per heavy atom. The summed E-state index contributed by atoms with van der Waals surface area (Å²) < 4.78 is 6.62. The fourth-order valence-electron chi connectivity index (χ4n) is 1.50. The van der Waals surface area contributed by atoms with Crippen LogP contribution in [0.15, 0.2) is 30.5 Å². The summed E-state index contributed by atoms with van der Waals surface area (Å²) in [4.78, 5) is 4.17. The highest BCUT2D eigenvalue weighted by atomic mass is 16.5. The number of ether oxygens (including phenoxy) is 1. The molecule has 0 fully saturated rings. The Balaban J connectivity index is 2.33. The van der Waals surface area contributed by atoms with Gasteiger partial charge in [-0.3, -0.25) is 4.68 Å². The minimum Gasteiger partial charge on any atom is -0.481 e. The van der Waals surface area contributed by atoms with Crippen molar-refractivity contribution in [3.8, 4) is 5.88 Å². The molecule has 0 saturated heterocycles. The second kappa shape index (κ2) is 4.32. The van der Waals surface area contributed by atoms with E-state index in [0.717, 1.165) is 0 Å². The van der Waals surface area contributed by atoms with Crippen LogP contribution < -0.4 is 4.74 Å². The van der Waals surface area contributed by atoms with Gasteiger partial charge in [-0.25, -0.2) is 4.98 Å². The Morgan fingerprint density at radius 3 is 2.81 bits per heavy atom. The number of aliphatic hydroxyl groups is 1. The topological polar surface area (TPSA) is 60.2 Å². The van der Waals surface area contributed by atoms with Crippen molar-refractivity contribution in [2.45, 2.75) is 6.10 Å². The second-order valence-corrected chi connectivity index (χ2v) is 3.39. The van der Waals surface area contributed by atoms with Gasteiger partial charge in [0.25, 0.3) is 0 Å². The van der Waals surface area contributed by atoms with Crippen molar-refractivity contribution < 1.29 is 9.84 Å². The molecular formula is C11H13N3O2. The Bertz CT molecular complexity index is 482. The van der Waals surface area contributed by atoms with E-state index in [1.807, 2.05) is 0 Å². The van der Waals surface area contributed by atoms with E-state index in [1.165, 1.54) is 0 Å². The third-order valence-corrected chi connectivity index (χ3v) is 2.37. The molecule has 0 aliphatic heterocycles. The van der Waals surface area contributed by atoms with Crippen molar-refractivity contribution in [1.29, 1.82) is 0 Å². The van der Waals surface area contributed by atoms with Crippen molar-refractivity contribution in [1.82, 2.24) is 14.8 Å². The average Bonchev–Trinajstić information content (AvgIpc) is 2.74. The molecule has 5 heteroatoms. The minimum absolute atomic E-state index is 0.485. The van der Waals surface area contributed by atoms with E-state index in [2.05, 4.69) is 10.1 Å². The number of pyridine rings is 1. The number of aliphatic hydroxyl groups excluding tert-OH is 1. The van der Waals surface area contributed by atoms with Crippen molar-refractivity contribution in [2.24, 2.45) is 7.05 Å². The smallest absolute Gasteiger partial charge is 0.213 e. The minimum atomic E-state index is -0.789. The van der Waals surface area contributed by atoms with Crippen LogP contribution in [0.2, 0.25) is 0 Å². The molecule has 1 atom stereocenters. The standard InChI is InChI=1S/C11H13N3O2/c1-14-9(6-7-12-14)11(15)8-4-3-5-10(13-8)16-2/h3-7,11,15H,1-2H3. The molecule has 84 valence electrons. The maximum atomic E-state index is 10.1. The van der Waals surface area contributed by atoms with Gasteiger partial charge in [0.2, 0.25) is 5.88 Å². The van der Waals surface area contributed by atoms with E-state index in [1.54, 1.807) is 49.3 Å². The number of nitrogens with zero attached hydrogens (tertiary/aromatic N) is 3. The molecule has 1 N–H and O–H groups in total. The molecule has 0 saturated carbocycles. The lowest BCUT2D eigenvalue weighted by Gasteiger charge is -2.11. The molecule has 0 bridgehead atoms. The molecule has 0 amide bonds. The summed E-state index contributed by atoms with van der Waals surface area (Å²) in [6, 6.07) is 7.03. The van der Waals surface area contributed by atoms with Gasteiger partial charge in [0.1, 0.15) is 6.10 Å². The highest BCUT2D eigenvalue weighted by molar-refractivity contribution is 5.23. The Morgan fingerprint density at radius 1 is 1.38 bits per heavy atom. The molecule has 2 aromatic rings. The predicted octanol–water partition coefficient (Wildman–Crippen LogP) is 0.905. The lowest BCUT2D eigenvalue weighted by Crippen LogP contribution is -2.08. The summed E-state index contributed by atoms with van der Waals surface area (Å²) in [5.41, 5.74) is 1.24. The molecule has 0 spiro atoms. The molecule has 1 unspecified atom stereocenters. The van der Waals surface area contributed by atoms with Gasteiger partial charge in [0, 0.05) is 19.3 Å². The van der Waals surface area contributed by atoms with Crippen LogP contribution in [0.25, 0.3) is 0 Å². The molecule has 2 heterocycles. The largest absolute Gasteiger partial charge is 0.481 e. The zero-order chi connectivity index (χ0) is 11.5. The molecule has 0 aliphatic rings. The lowest BCUT2D eigenvalue weighted by atomic mass is 10.1. The van der Waals surface area contributed by atoms with E-state index >= 15 is 0 Å². The highest BCUT2D eigenvalue weighted by Gasteiger charge is 2.15. The number of aryl methyl sites for hydroxylation is 1. The van der Waals surface area contributed by atoms with Crippen molar-refractivity contribution in [3.63, 3.8) is 0 Å². The zero-order valence-corrected chi connectivity index (χ0v) is 9.16. The zero-order valence-electron chi connectivity index (χ0n) is 9.16.